The van der Waals surface area contributed by atoms with Crippen LogP contribution in [0.2, 0.25) is 0 Å². The molecule has 0 unspecified atom stereocenters. The Morgan fingerprint density at radius 1 is 0.870 bits per heavy atom. The van der Waals surface area contributed by atoms with Crippen LogP contribution in [0.3, 0.4) is 0 Å². The first kappa shape index (κ1) is 15.9. The Kier molecular flexibility index (Phi) is 5.19. The fourth-order valence-electron chi connectivity index (χ4n) is 3.06. The van der Waals surface area contributed by atoms with E-state index < -0.39 is 0 Å². The SMILES string of the molecule is CC(C)Oc1ccccc1N1CCN(Cc2ccccc2)CC1. The lowest BCUT2D eigenvalue weighted by atomic mass is 10.2. The number of anilines is 1. The van der Waals surface area contributed by atoms with Gasteiger partial charge < -0.3 is 9.64 Å². The molecular formula is C20H26N2O. The Morgan fingerprint density at radius 2 is 1.52 bits per heavy atom. The predicted molar refractivity (Wildman–Crippen MR) is 96.1 cm³/mol. The molecule has 0 radical (unpaired) electrons. The van der Waals surface area contributed by atoms with Crippen molar-refractivity contribution in [1.29, 1.82) is 0 Å². The van der Waals surface area contributed by atoms with E-state index in [4.69, 9.17) is 4.74 Å². The molecule has 1 aliphatic heterocycles. The fourth-order valence-corrected chi connectivity index (χ4v) is 3.06. The quantitative estimate of drug-likeness (QED) is 0.835. The lowest BCUT2D eigenvalue weighted by Crippen LogP contribution is -2.46. The standard InChI is InChI=1S/C20H26N2O/c1-17(2)23-20-11-7-6-10-19(20)22-14-12-21(13-15-22)16-18-8-4-3-5-9-18/h3-11,17H,12-16H2,1-2H3. The maximum atomic E-state index is 5.97. The van der Waals surface area contributed by atoms with Gasteiger partial charge in [0.15, 0.2) is 0 Å². The third kappa shape index (κ3) is 4.26. The molecule has 3 heteroatoms. The van der Waals surface area contributed by atoms with Gasteiger partial charge in [0.25, 0.3) is 0 Å². The van der Waals surface area contributed by atoms with Crippen LogP contribution in [-0.2, 0) is 6.54 Å². The van der Waals surface area contributed by atoms with E-state index in [2.05, 4.69) is 72.2 Å². The van der Waals surface area contributed by atoms with Crippen molar-refractivity contribution in [3.05, 3.63) is 60.2 Å². The van der Waals surface area contributed by atoms with Gasteiger partial charge in [0.2, 0.25) is 0 Å². The van der Waals surface area contributed by atoms with Crippen molar-refractivity contribution in [3.8, 4) is 5.75 Å². The zero-order valence-electron chi connectivity index (χ0n) is 14.1. The monoisotopic (exact) mass is 310 g/mol. The molecule has 0 atom stereocenters. The smallest absolute Gasteiger partial charge is 0.142 e. The summed E-state index contributed by atoms with van der Waals surface area (Å²) in [4.78, 5) is 4.97. The third-order valence-electron chi connectivity index (χ3n) is 4.19. The zero-order chi connectivity index (χ0) is 16.1. The molecule has 3 rings (SSSR count). The van der Waals surface area contributed by atoms with Gasteiger partial charge in [-0.15, -0.1) is 0 Å². The summed E-state index contributed by atoms with van der Waals surface area (Å²) in [5.74, 6) is 0.999. The molecule has 0 aliphatic carbocycles. The van der Waals surface area contributed by atoms with Crippen LogP contribution in [0.5, 0.6) is 5.75 Å². The molecule has 23 heavy (non-hydrogen) atoms. The van der Waals surface area contributed by atoms with Gasteiger partial charge in [-0.05, 0) is 31.5 Å². The maximum absolute atomic E-state index is 5.97. The highest BCUT2D eigenvalue weighted by molar-refractivity contribution is 5.58. The Bertz CT molecular complexity index is 604. The van der Waals surface area contributed by atoms with E-state index in [0.717, 1.165) is 38.5 Å². The fraction of sp³-hybridized carbons (Fsp3) is 0.400. The normalized spacial score (nSPS) is 15.9. The summed E-state index contributed by atoms with van der Waals surface area (Å²) in [6.45, 7) is 9.47. The second-order valence-electron chi connectivity index (χ2n) is 6.38. The topological polar surface area (TPSA) is 15.7 Å². The number of benzene rings is 2. The second kappa shape index (κ2) is 7.51. The number of piperazine rings is 1. The molecule has 122 valence electrons. The summed E-state index contributed by atoms with van der Waals surface area (Å²) >= 11 is 0. The highest BCUT2D eigenvalue weighted by Crippen LogP contribution is 2.29. The first-order valence-corrected chi connectivity index (χ1v) is 8.49. The summed E-state index contributed by atoms with van der Waals surface area (Å²) in [5, 5.41) is 0. The predicted octanol–water partition coefficient (Wildman–Crippen LogP) is 3.80. The van der Waals surface area contributed by atoms with Crippen LogP contribution in [0.1, 0.15) is 19.4 Å². The second-order valence-corrected chi connectivity index (χ2v) is 6.38. The van der Waals surface area contributed by atoms with Gasteiger partial charge in [0.05, 0.1) is 11.8 Å². The van der Waals surface area contributed by atoms with Gasteiger partial charge in [-0.2, -0.15) is 0 Å². The molecule has 2 aromatic carbocycles. The Labute approximate surface area is 139 Å². The number of ether oxygens (including phenoxy) is 1. The van der Waals surface area contributed by atoms with E-state index >= 15 is 0 Å². The minimum Gasteiger partial charge on any atom is -0.489 e. The van der Waals surface area contributed by atoms with Crippen molar-refractivity contribution in [2.75, 3.05) is 31.1 Å². The Balaban J connectivity index is 1.61. The Morgan fingerprint density at radius 3 is 2.22 bits per heavy atom. The number of hydrogen-bond acceptors (Lipinski definition) is 3. The van der Waals surface area contributed by atoms with E-state index in [1.807, 2.05) is 6.07 Å². The summed E-state index contributed by atoms with van der Waals surface area (Å²) in [7, 11) is 0. The van der Waals surface area contributed by atoms with Gasteiger partial charge in [-0.1, -0.05) is 42.5 Å². The van der Waals surface area contributed by atoms with Gasteiger partial charge in [-0.25, -0.2) is 0 Å². The molecule has 1 saturated heterocycles. The molecule has 0 aromatic heterocycles. The molecule has 0 amide bonds. The summed E-state index contributed by atoms with van der Waals surface area (Å²) in [6, 6.07) is 19.1. The van der Waals surface area contributed by atoms with Crippen molar-refractivity contribution >= 4 is 5.69 Å². The molecule has 1 fully saturated rings. The van der Waals surface area contributed by atoms with Gasteiger partial charge in [0.1, 0.15) is 5.75 Å². The van der Waals surface area contributed by atoms with E-state index in [1.54, 1.807) is 0 Å². The van der Waals surface area contributed by atoms with Crippen molar-refractivity contribution < 1.29 is 4.74 Å². The first-order chi connectivity index (χ1) is 11.2. The highest BCUT2D eigenvalue weighted by atomic mass is 16.5. The summed E-state index contributed by atoms with van der Waals surface area (Å²) in [6.07, 6.45) is 0.204. The molecule has 0 bridgehead atoms. The van der Waals surface area contributed by atoms with Gasteiger partial charge in [-0.3, -0.25) is 4.90 Å². The van der Waals surface area contributed by atoms with Crippen LogP contribution in [-0.4, -0.2) is 37.2 Å². The van der Waals surface area contributed by atoms with Gasteiger partial charge in [0, 0.05) is 32.7 Å². The number of para-hydroxylation sites is 2. The molecule has 3 nitrogen and oxygen atoms in total. The van der Waals surface area contributed by atoms with Crippen LogP contribution in [0.4, 0.5) is 5.69 Å². The minimum absolute atomic E-state index is 0.204. The molecule has 0 spiro atoms. The minimum atomic E-state index is 0.204. The Hall–Kier alpha value is -2.00. The molecule has 2 aromatic rings. The average molecular weight is 310 g/mol. The zero-order valence-corrected chi connectivity index (χ0v) is 14.1. The van der Waals surface area contributed by atoms with E-state index in [1.165, 1.54) is 11.3 Å². The molecular weight excluding hydrogens is 284 g/mol. The van der Waals surface area contributed by atoms with E-state index in [9.17, 15) is 0 Å². The van der Waals surface area contributed by atoms with Crippen molar-refractivity contribution in [1.82, 2.24) is 4.90 Å². The lowest BCUT2D eigenvalue weighted by Gasteiger charge is -2.37. The van der Waals surface area contributed by atoms with Gasteiger partial charge >= 0.3 is 0 Å². The largest absolute Gasteiger partial charge is 0.489 e. The van der Waals surface area contributed by atoms with Crippen molar-refractivity contribution in [2.45, 2.75) is 26.5 Å². The highest BCUT2D eigenvalue weighted by Gasteiger charge is 2.19. The summed E-state index contributed by atoms with van der Waals surface area (Å²) in [5.41, 5.74) is 2.62. The lowest BCUT2D eigenvalue weighted by molar-refractivity contribution is 0.235. The van der Waals surface area contributed by atoms with E-state index in [-0.39, 0.29) is 6.10 Å². The molecule has 0 saturated carbocycles. The van der Waals surface area contributed by atoms with E-state index in [0.29, 0.717) is 0 Å². The van der Waals surface area contributed by atoms with Crippen LogP contribution >= 0.6 is 0 Å². The summed E-state index contributed by atoms with van der Waals surface area (Å²) < 4.78 is 5.97. The maximum Gasteiger partial charge on any atom is 0.142 e. The van der Waals surface area contributed by atoms with Crippen LogP contribution in [0, 0.1) is 0 Å². The number of rotatable bonds is 5. The first-order valence-electron chi connectivity index (χ1n) is 8.49. The number of nitrogens with zero attached hydrogens (tertiary/aromatic N) is 2. The molecule has 1 heterocycles. The molecule has 1 aliphatic rings. The number of hydrogen-bond donors (Lipinski definition) is 0. The van der Waals surface area contributed by atoms with Crippen LogP contribution in [0.15, 0.2) is 54.6 Å². The molecule has 0 N–H and O–H groups in total. The van der Waals surface area contributed by atoms with Crippen molar-refractivity contribution in [2.24, 2.45) is 0 Å². The third-order valence-corrected chi connectivity index (χ3v) is 4.19. The average Bonchev–Trinajstić information content (AvgIpc) is 2.57. The van der Waals surface area contributed by atoms with Crippen LogP contribution < -0.4 is 9.64 Å². The van der Waals surface area contributed by atoms with Crippen molar-refractivity contribution in [3.63, 3.8) is 0 Å². The van der Waals surface area contributed by atoms with Crippen LogP contribution in [0.25, 0.3) is 0 Å².